The minimum absolute atomic E-state index is 0.0336. The van der Waals surface area contributed by atoms with Crippen LogP contribution in [-0.2, 0) is 9.47 Å². The zero-order valence-corrected chi connectivity index (χ0v) is 17.4. The summed E-state index contributed by atoms with van der Waals surface area (Å²) in [5.41, 5.74) is 1.50. The predicted octanol–water partition coefficient (Wildman–Crippen LogP) is 3.75. The third kappa shape index (κ3) is 4.95. The van der Waals surface area contributed by atoms with Crippen molar-refractivity contribution in [2.45, 2.75) is 6.92 Å². The van der Waals surface area contributed by atoms with Gasteiger partial charge in [-0.25, -0.2) is 19.6 Å². The molecule has 0 fully saturated rings. The van der Waals surface area contributed by atoms with Crippen molar-refractivity contribution in [3.63, 3.8) is 0 Å². The quantitative estimate of drug-likeness (QED) is 0.318. The van der Waals surface area contributed by atoms with Gasteiger partial charge in [0.1, 0.15) is 6.33 Å². The smallest absolute Gasteiger partial charge is 0.353 e. The number of carbonyl (C=O) groups is 2. The SMILES string of the molecule is COC(=O)c1cc(Nc2ncnc(Nc3ccc(C)cc3)c2[N+](=O)[O-])cc(C(=O)OC)c1. The van der Waals surface area contributed by atoms with Crippen LogP contribution in [0.15, 0.2) is 48.8 Å². The molecule has 3 aromatic rings. The average molecular weight is 437 g/mol. The highest BCUT2D eigenvalue weighted by molar-refractivity contribution is 5.97. The number of aromatic nitrogens is 2. The molecule has 0 radical (unpaired) electrons. The number of aryl methyl sites for hydroxylation is 1. The second-order valence-corrected chi connectivity index (χ2v) is 6.57. The molecule has 0 spiro atoms. The maximum Gasteiger partial charge on any atom is 0.353 e. The summed E-state index contributed by atoms with van der Waals surface area (Å²) in [7, 11) is 2.39. The van der Waals surface area contributed by atoms with Crippen molar-refractivity contribution in [2.75, 3.05) is 24.9 Å². The van der Waals surface area contributed by atoms with E-state index in [9.17, 15) is 19.7 Å². The van der Waals surface area contributed by atoms with Gasteiger partial charge in [0, 0.05) is 11.4 Å². The lowest BCUT2D eigenvalue weighted by atomic mass is 10.1. The number of nitrogens with zero attached hydrogens (tertiary/aromatic N) is 3. The van der Waals surface area contributed by atoms with E-state index < -0.39 is 22.5 Å². The molecule has 1 aromatic heterocycles. The fourth-order valence-electron chi connectivity index (χ4n) is 2.82. The molecule has 0 saturated heterocycles. The van der Waals surface area contributed by atoms with Crippen LogP contribution < -0.4 is 10.6 Å². The van der Waals surface area contributed by atoms with E-state index in [0.717, 1.165) is 11.9 Å². The molecule has 2 N–H and O–H groups in total. The molecule has 3 rings (SSSR count). The van der Waals surface area contributed by atoms with Crippen LogP contribution in [0.3, 0.4) is 0 Å². The fourth-order valence-corrected chi connectivity index (χ4v) is 2.82. The molecule has 0 atom stereocenters. The molecule has 0 saturated carbocycles. The second-order valence-electron chi connectivity index (χ2n) is 6.57. The summed E-state index contributed by atoms with van der Waals surface area (Å²) >= 11 is 0. The maximum atomic E-state index is 12.0. The number of nitro groups is 1. The number of esters is 2. The summed E-state index contributed by atoms with van der Waals surface area (Å²) in [4.78, 5) is 43.1. The lowest BCUT2D eigenvalue weighted by Crippen LogP contribution is -2.09. The molecule has 0 amide bonds. The number of anilines is 4. The first-order valence-electron chi connectivity index (χ1n) is 9.24. The van der Waals surface area contributed by atoms with Gasteiger partial charge in [-0.2, -0.15) is 0 Å². The van der Waals surface area contributed by atoms with Gasteiger partial charge in [0.2, 0.25) is 11.6 Å². The van der Waals surface area contributed by atoms with E-state index >= 15 is 0 Å². The summed E-state index contributed by atoms with van der Waals surface area (Å²) in [6, 6.07) is 11.3. The number of rotatable bonds is 7. The topological polar surface area (TPSA) is 146 Å². The molecule has 2 aromatic carbocycles. The van der Waals surface area contributed by atoms with E-state index in [1.165, 1.54) is 32.4 Å². The highest BCUT2D eigenvalue weighted by Gasteiger charge is 2.24. The first kappa shape index (κ1) is 22.2. The van der Waals surface area contributed by atoms with E-state index in [1.807, 2.05) is 19.1 Å². The lowest BCUT2D eigenvalue weighted by Gasteiger charge is -2.12. The average Bonchev–Trinajstić information content (AvgIpc) is 2.79. The van der Waals surface area contributed by atoms with E-state index in [4.69, 9.17) is 9.47 Å². The van der Waals surface area contributed by atoms with Crippen molar-refractivity contribution in [1.29, 1.82) is 0 Å². The molecule has 0 unspecified atom stereocenters. The number of nitrogens with one attached hydrogen (secondary N) is 2. The van der Waals surface area contributed by atoms with Crippen molar-refractivity contribution in [3.8, 4) is 0 Å². The molecule has 164 valence electrons. The van der Waals surface area contributed by atoms with Gasteiger partial charge in [0.25, 0.3) is 0 Å². The van der Waals surface area contributed by atoms with Crippen molar-refractivity contribution in [1.82, 2.24) is 9.97 Å². The third-order valence-corrected chi connectivity index (χ3v) is 4.36. The Kier molecular flexibility index (Phi) is 6.59. The minimum Gasteiger partial charge on any atom is -0.465 e. The fraction of sp³-hybridized carbons (Fsp3) is 0.143. The van der Waals surface area contributed by atoms with Crippen LogP contribution in [0.2, 0.25) is 0 Å². The first-order chi connectivity index (χ1) is 15.3. The zero-order valence-electron chi connectivity index (χ0n) is 17.4. The van der Waals surface area contributed by atoms with E-state index in [2.05, 4.69) is 20.6 Å². The molecule has 11 nitrogen and oxygen atoms in total. The Balaban J connectivity index is 2.03. The third-order valence-electron chi connectivity index (χ3n) is 4.36. The summed E-state index contributed by atoms with van der Waals surface area (Å²) in [5.74, 6) is -1.57. The maximum absolute atomic E-state index is 12.0. The molecule has 0 aliphatic heterocycles. The van der Waals surface area contributed by atoms with Crippen LogP contribution in [0.1, 0.15) is 26.3 Å². The highest BCUT2D eigenvalue weighted by atomic mass is 16.6. The van der Waals surface area contributed by atoms with E-state index in [-0.39, 0.29) is 28.5 Å². The van der Waals surface area contributed by atoms with Gasteiger partial charge in [0.15, 0.2) is 0 Å². The lowest BCUT2D eigenvalue weighted by molar-refractivity contribution is -0.383. The van der Waals surface area contributed by atoms with E-state index in [0.29, 0.717) is 5.69 Å². The Hall–Kier alpha value is -4.54. The largest absolute Gasteiger partial charge is 0.465 e. The minimum atomic E-state index is -0.697. The number of hydrogen-bond donors (Lipinski definition) is 2. The van der Waals surface area contributed by atoms with Gasteiger partial charge < -0.3 is 20.1 Å². The summed E-state index contributed by atoms with van der Waals surface area (Å²) in [6.07, 6.45) is 1.15. The number of carbonyl (C=O) groups excluding carboxylic acids is 2. The van der Waals surface area contributed by atoms with E-state index in [1.54, 1.807) is 12.1 Å². The first-order valence-corrected chi connectivity index (χ1v) is 9.24. The molecule has 1 heterocycles. The van der Waals surface area contributed by atoms with Gasteiger partial charge in [-0.1, -0.05) is 17.7 Å². The number of methoxy groups -OCH3 is 2. The molecule has 0 aliphatic carbocycles. The van der Waals surface area contributed by atoms with Crippen LogP contribution >= 0.6 is 0 Å². The molecular formula is C21H19N5O6. The zero-order chi connectivity index (χ0) is 23.3. The Morgan fingerprint density at radius 2 is 1.38 bits per heavy atom. The van der Waals surface area contributed by atoms with Crippen molar-refractivity contribution in [2.24, 2.45) is 0 Å². The van der Waals surface area contributed by atoms with Crippen LogP contribution in [0.5, 0.6) is 0 Å². The van der Waals surface area contributed by atoms with Crippen LogP contribution in [0.25, 0.3) is 0 Å². The number of hydrogen-bond acceptors (Lipinski definition) is 10. The normalized spacial score (nSPS) is 10.2. The molecule has 11 heteroatoms. The van der Waals surface area contributed by atoms with Gasteiger partial charge in [0.05, 0.1) is 30.3 Å². The van der Waals surface area contributed by atoms with Gasteiger partial charge in [-0.3, -0.25) is 10.1 Å². The van der Waals surface area contributed by atoms with Crippen LogP contribution in [0, 0.1) is 17.0 Å². The summed E-state index contributed by atoms with van der Waals surface area (Å²) < 4.78 is 9.41. The molecule has 32 heavy (non-hydrogen) atoms. The van der Waals surface area contributed by atoms with Crippen molar-refractivity contribution >= 4 is 40.6 Å². The van der Waals surface area contributed by atoms with Gasteiger partial charge >= 0.3 is 17.6 Å². The van der Waals surface area contributed by atoms with Crippen molar-refractivity contribution in [3.05, 3.63) is 75.6 Å². The highest BCUT2D eigenvalue weighted by Crippen LogP contribution is 2.33. The van der Waals surface area contributed by atoms with Crippen LogP contribution in [0.4, 0.5) is 28.7 Å². The Morgan fingerprint density at radius 3 is 1.84 bits per heavy atom. The molecule has 0 bridgehead atoms. The summed E-state index contributed by atoms with van der Waals surface area (Å²) in [5, 5.41) is 17.5. The number of benzene rings is 2. The Labute approximate surface area is 182 Å². The summed E-state index contributed by atoms with van der Waals surface area (Å²) in [6.45, 7) is 1.92. The molecule has 0 aliphatic rings. The Bertz CT molecular complexity index is 1150. The second kappa shape index (κ2) is 9.51. The van der Waals surface area contributed by atoms with Gasteiger partial charge in [-0.15, -0.1) is 0 Å². The number of ether oxygens (including phenoxy) is 2. The Morgan fingerprint density at radius 1 is 0.875 bits per heavy atom. The van der Waals surface area contributed by atoms with Crippen molar-refractivity contribution < 1.29 is 24.0 Å². The predicted molar refractivity (Wildman–Crippen MR) is 116 cm³/mol. The monoisotopic (exact) mass is 437 g/mol. The molecular weight excluding hydrogens is 418 g/mol. The standard InChI is InChI=1S/C21H19N5O6/c1-12-4-6-15(7-5-12)24-18-17(26(29)30)19(23-11-22-18)25-16-9-13(20(27)31-2)8-14(10-16)21(28)32-3/h4-11H,1-3H3,(H2,22,23,24,25). The van der Waals surface area contributed by atoms with Gasteiger partial charge in [-0.05, 0) is 37.3 Å². The van der Waals surface area contributed by atoms with Crippen LogP contribution in [-0.4, -0.2) is 41.0 Å².